The maximum absolute atomic E-state index is 12.2. The molecule has 8 heteroatoms. The fraction of sp³-hybridized carbons (Fsp3) is 0.500. The van der Waals surface area contributed by atoms with Crippen molar-refractivity contribution in [1.29, 1.82) is 0 Å². The number of carbonyl (C=O) groups excluding carboxylic acids is 1. The Bertz CT molecular complexity index is 759. The van der Waals surface area contributed by atoms with Crippen molar-refractivity contribution in [2.75, 3.05) is 25.2 Å². The number of hydrogen-bond acceptors (Lipinski definition) is 5. The molecule has 6 nitrogen and oxygen atoms in total. The van der Waals surface area contributed by atoms with Crippen molar-refractivity contribution in [3.63, 3.8) is 0 Å². The van der Waals surface area contributed by atoms with Crippen LogP contribution in [-0.4, -0.2) is 60.8 Å². The molecule has 0 spiro atoms. The average Bonchev–Trinajstić information content (AvgIpc) is 2.95. The summed E-state index contributed by atoms with van der Waals surface area (Å²) in [5.74, 6) is 0.864. The van der Waals surface area contributed by atoms with E-state index in [0.717, 1.165) is 11.3 Å². The summed E-state index contributed by atoms with van der Waals surface area (Å²) in [4.78, 5) is 18.2. The third-order valence-electron chi connectivity index (χ3n) is 4.14. The molecule has 2 fully saturated rings. The SMILES string of the molecule is CCOc1ccc(CC(=O)N=C2SC3CS(=O)(=O)CC3N2C)cc1. The molecule has 1 aromatic rings. The lowest BCUT2D eigenvalue weighted by Crippen LogP contribution is -2.34. The van der Waals surface area contributed by atoms with Gasteiger partial charge in [-0.2, -0.15) is 4.99 Å². The van der Waals surface area contributed by atoms with Crippen molar-refractivity contribution in [2.24, 2.45) is 4.99 Å². The zero-order valence-electron chi connectivity index (χ0n) is 13.6. The number of carbonyl (C=O) groups is 1. The molecule has 2 heterocycles. The molecule has 0 N–H and O–H groups in total. The van der Waals surface area contributed by atoms with Gasteiger partial charge in [-0.15, -0.1) is 0 Å². The Balaban J connectivity index is 1.63. The standard InChI is InChI=1S/C16H20N2O4S2/c1-3-22-12-6-4-11(5-7-12)8-15(19)17-16-18(2)13-9-24(20,21)10-14(13)23-16/h4-7,13-14H,3,8-10H2,1-2H3. The predicted octanol–water partition coefficient (Wildman–Crippen LogP) is 1.35. The molecule has 24 heavy (non-hydrogen) atoms. The topological polar surface area (TPSA) is 76.0 Å². The summed E-state index contributed by atoms with van der Waals surface area (Å²) in [7, 11) is -1.16. The Hall–Kier alpha value is -1.54. The second-order valence-electron chi connectivity index (χ2n) is 5.95. The number of aliphatic imine (C=N–C) groups is 1. The van der Waals surface area contributed by atoms with Crippen molar-refractivity contribution in [3.05, 3.63) is 29.8 Å². The normalized spacial score (nSPS) is 26.6. The molecule has 0 radical (unpaired) electrons. The molecule has 0 saturated carbocycles. The Labute approximate surface area is 146 Å². The molecule has 2 atom stereocenters. The second kappa shape index (κ2) is 6.76. The maximum Gasteiger partial charge on any atom is 0.252 e. The maximum atomic E-state index is 12.2. The minimum atomic E-state index is -2.96. The zero-order valence-corrected chi connectivity index (χ0v) is 15.3. The van der Waals surface area contributed by atoms with Crippen LogP contribution >= 0.6 is 11.8 Å². The van der Waals surface area contributed by atoms with Crippen molar-refractivity contribution < 1.29 is 17.9 Å². The smallest absolute Gasteiger partial charge is 0.252 e. The van der Waals surface area contributed by atoms with Crippen molar-refractivity contribution in [1.82, 2.24) is 4.90 Å². The highest BCUT2D eigenvalue weighted by Gasteiger charge is 2.47. The van der Waals surface area contributed by atoms with Gasteiger partial charge in [0.15, 0.2) is 15.0 Å². The van der Waals surface area contributed by atoms with Gasteiger partial charge in [0, 0.05) is 12.3 Å². The Kier molecular flexibility index (Phi) is 4.87. The average molecular weight is 368 g/mol. The van der Waals surface area contributed by atoms with Crippen molar-refractivity contribution in [3.8, 4) is 5.75 Å². The largest absolute Gasteiger partial charge is 0.494 e. The van der Waals surface area contributed by atoms with Gasteiger partial charge in [0.25, 0.3) is 5.91 Å². The zero-order chi connectivity index (χ0) is 17.3. The van der Waals surface area contributed by atoms with Crippen LogP contribution in [0.4, 0.5) is 0 Å². The quantitative estimate of drug-likeness (QED) is 0.799. The number of ether oxygens (including phenoxy) is 1. The Morgan fingerprint density at radius 2 is 2.04 bits per heavy atom. The fourth-order valence-electron chi connectivity index (χ4n) is 2.93. The monoisotopic (exact) mass is 368 g/mol. The fourth-order valence-corrected chi connectivity index (χ4v) is 6.94. The van der Waals surface area contributed by atoms with Gasteiger partial charge in [-0.1, -0.05) is 23.9 Å². The number of rotatable bonds is 4. The first kappa shape index (κ1) is 17.3. The van der Waals surface area contributed by atoms with E-state index in [1.807, 2.05) is 43.1 Å². The van der Waals surface area contributed by atoms with Crippen LogP contribution in [0.25, 0.3) is 0 Å². The van der Waals surface area contributed by atoms with Crippen molar-refractivity contribution in [2.45, 2.75) is 24.6 Å². The lowest BCUT2D eigenvalue weighted by molar-refractivity contribution is -0.117. The number of amides is 1. The molecule has 1 amide bonds. The van der Waals surface area contributed by atoms with E-state index in [9.17, 15) is 13.2 Å². The molecule has 1 aromatic carbocycles. The summed E-state index contributed by atoms with van der Waals surface area (Å²) in [6.45, 7) is 2.53. The molecule has 0 bridgehead atoms. The minimum absolute atomic E-state index is 0.0166. The van der Waals surface area contributed by atoms with Gasteiger partial charge in [-0.05, 0) is 24.6 Å². The van der Waals surface area contributed by atoms with Crippen LogP contribution < -0.4 is 4.74 Å². The molecule has 2 unspecified atom stereocenters. The number of thioether (sulfide) groups is 1. The number of benzene rings is 1. The first-order valence-corrected chi connectivity index (χ1v) is 10.5. The molecule has 130 valence electrons. The molecule has 2 aliphatic rings. The minimum Gasteiger partial charge on any atom is -0.494 e. The summed E-state index contributed by atoms with van der Waals surface area (Å²) in [6, 6.07) is 7.32. The first-order chi connectivity index (χ1) is 11.4. The van der Waals surface area contributed by atoms with Crippen LogP contribution in [0.1, 0.15) is 12.5 Å². The van der Waals surface area contributed by atoms with Gasteiger partial charge in [0.2, 0.25) is 0 Å². The van der Waals surface area contributed by atoms with E-state index in [0.29, 0.717) is 11.8 Å². The molecule has 0 aromatic heterocycles. The van der Waals surface area contributed by atoms with Gasteiger partial charge < -0.3 is 9.64 Å². The summed E-state index contributed by atoms with van der Waals surface area (Å²) in [5.41, 5.74) is 0.876. The van der Waals surface area contributed by atoms with Crippen LogP contribution in [0.15, 0.2) is 29.3 Å². The van der Waals surface area contributed by atoms with E-state index in [2.05, 4.69) is 4.99 Å². The predicted molar refractivity (Wildman–Crippen MR) is 95.3 cm³/mol. The number of hydrogen-bond donors (Lipinski definition) is 0. The lowest BCUT2D eigenvalue weighted by atomic mass is 10.1. The molecule has 3 rings (SSSR count). The third-order valence-corrected chi connectivity index (χ3v) is 7.44. The number of fused-ring (bicyclic) bond motifs is 1. The highest BCUT2D eigenvalue weighted by Crippen LogP contribution is 2.37. The van der Waals surface area contributed by atoms with E-state index >= 15 is 0 Å². The van der Waals surface area contributed by atoms with Crippen LogP contribution in [0, 0.1) is 0 Å². The van der Waals surface area contributed by atoms with Gasteiger partial charge in [0.1, 0.15) is 5.75 Å². The Morgan fingerprint density at radius 1 is 1.33 bits per heavy atom. The van der Waals surface area contributed by atoms with Crippen LogP contribution in [0.2, 0.25) is 0 Å². The van der Waals surface area contributed by atoms with E-state index in [1.54, 1.807) is 0 Å². The van der Waals surface area contributed by atoms with E-state index in [1.165, 1.54) is 11.8 Å². The van der Waals surface area contributed by atoms with E-state index < -0.39 is 9.84 Å². The molecule has 2 saturated heterocycles. The first-order valence-electron chi connectivity index (χ1n) is 7.81. The Morgan fingerprint density at radius 3 is 2.67 bits per heavy atom. The van der Waals surface area contributed by atoms with Gasteiger partial charge in [-0.25, -0.2) is 8.42 Å². The number of sulfone groups is 1. The van der Waals surface area contributed by atoms with E-state index in [4.69, 9.17) is 4.74 Å². The number of nitrogens with zero attached hydrogens (tertiary/aromatic N) is 2. The summed E-state index contributed by atoms with van der Waals surface area (Å²) in [6.07, 6.45) is 0.220. The van der Waals surface area contributed by atoms with Crippen LogP contribution in [0.3, 0.4) is 0 Å². The second-order valence-corrected chi connectivity index (χ2v) is 9.31. The third kappa shape index (κ3) is 3.75. The highest BCUT2D eigenvalue weighted by molar-refractivity contribution is 8.15. The van der Waals surface area contributed by atoms with Crippen LogP contribution in [0.5, 0.6) is 5.75 Å². The molecular weight excluding hydrogens is 348 g/mol. The molecule has 0 aliphatic carbocycles. The van der Waals surface area contributed by atoms with E-state index in [-0.39, 0.29) is 35.1 Å². The van der Waals surface area contributed by atoms with Crippen molar-refractivity contribution >= 4 is 32.7 Å². The summed E-state index contributed by atoms with van der Waals surface area (Å²) < 4.78 is 28.7. The number of amidine groups is 1. The summed E-state index contributed by atoms with van der Waals surface area (Å²) in [5, 5.41) is 0.605. The van der Waals surface area contributed by atoms with Gasteiger partial charge in [-0.3, -0.25) is 4.79 Å². The van der Waals surface area contributed by atoms with Gasteiger partial charge in [0.05, 0.1) is 30.6 Å². The highest BCUT2D eigenvalue weighted by atomic mass is 32.2. The molecule has 2 aliphatic heterocycles. The lowest BCUT2D eigenvalue weighted by Gasteiger charge is -2.17. The van der Waals surface area contributed by atoms with Gasteiger partial charge >= 0.3 is 0 Å². The van der Waals surface area contributed by atoms with Crippen LogP contribution in [-0.2, 0) is 21.1 Å². The summed E-state index contributed by atoms with van der Waals surface area (Å²) >= 11 is 1.40. The molecular formula is C16H20N2O4S2.